The summed E-state index contributed by atoms with van der Waals surface area (Å²) in [5.74, 6) is 0.229. The van der Waals surface area contributed by atoms with E-state index in [2.05, 4.69) is 17.1 Å². The molecule has 0 atom stereocenters. The molecule has 0 radical (unpaired) electrons. The van der Waals surface area contributed by atoms with Crippen LogP contribution in [-0.2, 0) is 10.1 Å². The molecule has 0 aromatic heterocycles. The zero-order chi connectivity index (χ0) is 27.7. The van der Waals surface area contributed by atoms with Crippen LogP contribution >= 0.6 is 23.2 Å². The number of hydrogen-bond donors (Lipinski definition) is 1. The van der Waals surface area contributed by atoms with Gasteiger partial charge >= 0.3 is 10.1 Å². The van der Waals surface area contributed by atoms with Gasteiger partial charge in [-0.05, 0) is 67.1 Å². The molecular weight excluding hydrogens is 555 g/mol. The summed E-state index contributed by atoms with van der Waals surface area (Å²) in [6.07, 6.45) is 2.91. The van der Waals surface area contributed by atoms with Crippen LogP contribution in [0.15, 0.2) is 77.2 Å². The first-order valence-corrected chi connectivity index (χ1v) is 13.3. The molecule has 0 saturated heterocycles. The lowest BCUT2D eigenvalue weighted by atomic mass is 10.2. The molecule has 3 rings (SSSR count). The fourth-order valence-corrected chi connectivity index (χ4v) is 4.46. The number of nitrogens with zero attached hydrogens (tertiary/aromatic N) is 1. The maximum atomic E-state index is 12.7. The number of hydrogen-bond acceptors (Lipinski definition) is 8. The monoisotopic (exact) mass is 578 g/mol. The van der Waals surface area contributed by atoms with Gasteiger partial charge in [-0.25, -0.2) is 5.43 Å². The number of hydrazone groups is 1. The molecule has 1 N–H and O–H groups in total. The second-order valence-electron chi connectivity index (χ2n) is 7.42. The maximum Gasteiger partial charge on any atom is 0.339 e. The van der Waals surface area contributed by atoms with Crippen LogP contribution in [-0.4, -0.2) is 40.9 Å². The number of methoxy groups -OCH3 is 1. The Morgan fingerprint density at radius 2 is 1.76 bits per heavy atom. The second kappa shape index (κ2) is 13.2. The van der Waals surface area contributed by atoms with Crippen molar-refractivity contribution in [3.63, 3.8) is 0 Å². The van der Waals surface area contributed by atoms with Crippen LogP contribution in [0.3, 0.4) is 0 Å². The van der Waals surface area contributed by atoms with Crippen molar-refractivity contribution in [2.75, 3.05) is 20.3 Å². The lowest BCUT2D eigenvalue weighted by molar-refractivity contribution is 0.0954. The lowest BCUT2D eigenvalue weighted by Crippen LogP contribution is -2.17. The largest absolute Gasteiger partial charge is 0.493 e. The fourth-order valence-electron chi connectivity index (χ4n) is 3.07. The molecule has 3 aromatic carbocycles. The summed E-state index contributed by atoms with van der Waals surface area (Å²) in [4.78, 5) is 12.4. The Morgan fingerprint density at radius 1 is 1.03 bits per heavy atom. The SMILES string of the molecule is C=CCOc1ccc(C(=O)N/N=C/c2cc(Cl)c(OS(=O)(=O)c3ccc(Cl)cc3)c(OCC)c2)cc1OC. The summed E-state index contributed by atoms with van der Waals surface area (Å²) >= 11 is 12.2. The van der Waals surface area contributed by atoms with Crippen LogP contribution in [0.1, 0.15) is 22.8 Å². The van der Waals surface area contributed by atoms with Crippen molar-refractivity contribution in [3.8, 4) is 23.0 Å². The number of nitrogens with one attached hydrogen (secondary N) is 1. The average molecular weight is 579 g/mol. The van der Waals surface area contributed by atoms with Crippen LogP contribution in [0.2, 0.25) is 10.0 Å². The number of ether oxygens (including phenoxy) is 3. The van der Waals surface area contributed by atoms with Crippen molar-refractivity contribution in [1.29, 1.82) is 0 Å². The minimum atomic E-state index is -4.22. The Morgan fingerprint density at radius 3 is 2.42 bits per heavy atom. The highest BCUT2D eigenvalue weighted by Crippen LogP contribution is 2.38. The highest BCUT2D eigenvalue weighted by Gasteiger charge is 2.22. The highest BCUT2D eigenvalue weighted by molar-refractivity contribution is 7.87. The number of carbonyl (C=O) groups is 1. The van der Waals surface area contributed by atoms with Crippen molar-refractivity contribution >= 4 is 45.4 Å². The van der Waals surface area contributed by atoms with E-state index in [-0.39, 0.29) is 40.2 Å². The summed E-state index contributed by atoms with van der Waals surface area (Å²) in [5.41, 5.74) is 3.11. The highest BCUT2D eigenvalue weighted by atomic mass is 35.5. The fraction of sp³-hybridized carbons (Fsp3) is 0.154. The van der Waals surface area contributed by atoms with Gasteiger partial charge in [0.05, 0.1) is 25.0 Å². The van der Waals surface area contributed by atoms with E-state index in [9.17, 15) is 13.2 Å². The molecule has 200 valence electrons. The van der Waals surface area contributed by atoms with Crippen molar-refractivity contribution < 1.29 is 31.6 Å². The van der Waals surface area contributed by atoms with E-state index >= 15 is 0 Å². The van der Waals surface area contributed by atoms with Crippen LogP contribution in [0.5, 0.6) is 23.0 Å². The van der Waals surface area contributed by atoms with E-state index in [0.29, 0.717) is 22.1 Å². The predicted octanol–water partition coefficient (Wildman–Crippen LogP) is 5.50. The Bertz CT molecular complexity index is 1440. The summed E-state index contributed by atoms with van der Waals surface area (Å²) in [6.45, 7) is 5.80. The molecule has 0 unspecified atom stereocenters. The summed E-state index contributed by atoms with van der Waals surface area (Å²) in [7, 11) is -2.76. The van der Waals surface area contributed by atoms with E-state index in [1.54, 1.807) is 25.1 Å². The smallest absolute Gasteiger partial charge is 0.339 e. The molecular formula is C26H24Cl2N2O7S. The van der Waals surface area contributed by atoms with Crippen LogP contribution in [0, 0.1) is 0 Å². The normalized spacial score (nSPS) is 11.2. The lowest BCUT2D eigenvalue weighted by Gasteiger charge is -2.14. The van der Waals surface area contributed by atoms with Gasteiger partial charge in [0.2, 0.25) is 5.75 Å². The molecule has 0 heterocycles. The van der Waals surface area contributed by atoms with Crippen molar-refractivity contribution in [2.24, 2.45) is 5.10 Å². The maximum absolute atomic E-state index is 12.7. The minimum Gasteiger partial charge on any atom is -0.493 e. The molecule has 3 aromatic rings. The summed E-state index contributed by atoms with van der Waals surface area (Å²) in [5, 5.41) is 4.29. The first kappa shape index (κ1) is 28.8. The van der Waals surface area contributed by atoms with E-state index in [4.69, 9.17) is 41.6 Å². The average Bonchev–Trinajstić information content (AvgIpc) is 2.89. The minimum absolute atomic E-state index is 0.0406. The van der Waals surface area contributed by atoms with Crippen LogP contribution in [0.4, 0.5) is 0 Å². The molecule has 0 aliphatic carbocycles. The van der Waals surface area contributed by atoms with Crippen molar-refractivity contribution in [2.45, 2.75) is 11.8 Å². The third kappa shape index (κ3) is 7.41. The molecule has 0 spiro atoms. The Labute approximate surface area is 230 Å². The van der Waals surface area contributed by atoms with Gasteiger partial charge in [-0.3, -0.25) is 4.79 Å². The van der Waals surface area contributed by atoms with Gasteiger partial charge in [-0.2, -0.15) is 13.5 Å². The Kier molecular flexibility index (Phi) is 10.0. The van der Waals surface area contributed by atoms with E-state index < -0.39 is 16.0 Å². The Hall–Kier alpha value is -3.73. The van der Waals surface area contributed by atoms with E-state index in [1.165, 1.54) is 55.8 Å². The summed E-state index contributed by atoms with van der Waals surface area (Å²) < 4.78 is 47.0. The zero-order valence-corrected chi connectivity index (χ0v) is 22.8. The van der Waals surface area contributed by atoms with E-state index in [1.807, 2.05) is 0 Å². The standard InChI is InChI=1S/C26H24Cl2N2O7S/c1-4-12-36-22-11-6-18(15-23(22)34-3)26(31)30-29-16-17-13-21(28)25(24(14-17)35-5-2)37-38(32,33)20-9-7-19(27)8-10-20/h4,6-11,13-16H,1,5,12H2,2-3H3,(H,30,31)/b29-16+. The quantitative estimate of drug-likeness (QED) is 0.131. The van der Waals surface area contributed by atoms with E-state index in [0.717, 1.165) is 0 Å². The molecule has 0 bridgehead atoms. The molecule has 0 aliphatic rings. The third-order valence-corrected chi connectivity index (χ3v) is 6.56. The van der Waals surface area contributed by atoms with Gasteiger partial charge < -0.3 is 18.4 Å². The topological polar surface area (TPSA) is 113 Å². The number of amides is 1. The molecule has 38 heavy (non-hydrogen) atoms. The number of carbonyl (C=O) groups excluding carboxylic acids is 1. The first-order chi connectivity index (χ1) is 18.2. The number of benzene rings is 3. The van der Waals surface area contributed by atoms with Gasteiger partial charge in [-0.15, -0.1) is 0 Å². The summed E-state index contributed by atoms with van der Waals surface area (Å²) in [6, 6.07) is 13.1. The second-order valence-corrected chi connectivity index (χ2v) is 9.81. The third-order valence-electron chi connectivity index (χ3n) is 4.79. The van der Waals surface area contributed by atoms with Crippen LogP contribution < -0.4 is 23.8 Å². The Balaban J connectivity index is 1.78. The molecule has 9 nitrogen and oxygen atoms in total. The predicted molar refractivity (Wildman–Crippen MR) is 146 cm³/mol. The molecule has 0 fully saturated rings. The van der Waals surface area contributed by atoms with Gasteiger partial charge in [0, 0.05) is 10.6 Å². The number of halogens is 2. The van der Waals surface area contributed by atoms with Crippen molar-refractivity contribution in [1.82, 2.24) is 5.43 Å². The molecule has 1 amide bonds. The van der Waals surface area contributed by atoms with Gasteiger partial charge in [0.25, 0.3) is 5.91 Å². The molecule has 0 saturated carbocycles. The first-order valence-electron chi connectivity index (χ1n) is 11.1. The zero-order valence-electron chi connectivity index (χ0n) is 20.4. The molecule has 12 heteroatoms. The van der Waals surface area contributed by atoms with Gasteiger partial charge in [-0.1, -0.05) is 35.9 Å². The van der Waals surface area contributed by atoms with Crippen molar-refractivity contribution in [3.05, 3.63) is 88.4 Å². The number of rotatable bonds is 12. The molecule has 0 aliphatic heterocycles. The van der Waals surface area contributed by atoms with Crippen LogP contribution in [0.25, 0.3) is 0 Å². The van der Waals surface area contributed by atoms with Gasteiger partial charge in [0.1, 0.15) is 11.5 Å². The van der Waals surface area contributed by atoms with Gasteiger partial charge in [0.15, 0.2) is 17.2 Å².